The van der Waals surface area contributed by atoms with Gasteiger partial charge in [-0.1, -0.05) is 86.1 Å². The Labute approximate surface area is 273 Å². The van der Waals surface area contributed by atoms with E-state index in [1.54, 1.807) is 0 Å². The molecule has 45 heavy (non-hydrogen) atoms. The van der Waals surface area contributed by atoms with Crippen molar-refractivity contribution in [3.8, 4) is 0 Å². The summed E-state index contributed by atoms with van der Waals surface area (Å²) in [5.74, 6) is 1.38. The second kappa shape index (κ2) is 15.2. The van der Waals surface area contributed by atoms with Gasteiger partial charge in [0.15, 0.2) is 0 Å². The molecule has 9 unspecified atom stereocenters. The Morgan fingerprint density at radius 1 is 1.13 bits per heavy atom. The Kier molecular flexibility index (Phi) is 12.1. The maximum Gasteiger partial charge on any atom is 0.410 e. The van der Waals surface area contributed by atoms with Crippen LogP contribution in [0.4, 0.5) is 4.79 Å². The molecule has 254 valence electrons. The molecule has 4 rings (SSSR count). The maximum absolute atomic E-state index is 13.3. The Balaban J connectivity index is 1.43. The summed E-state index contributed by atoms with van der Waals surface area (Å²) in [5, 5.41) is 0. The minimum Gasteiger partial charge on any atom is -0.457 e. The number of hydrogen-bond acceptors (Lipinski definition) is 6. The molecule has 3 fully saturated rings. The van der Waals surface area contributed by atoms with Gasteiger partial charge in [0.05, 0.1) is 12.2 Å². The third kappa shape index (κ3) is 9.47. The van der Waals surface area contributed by atoms with Crippen molar-refractivity contribution in [3.63, 3.8) is 0 Å². The monoisotopic (exact) mass is 626 g/mol. The van der Waals surface area contributed by atoms with Crippen molar-refractivity contribution in [2.24, 2.45) is 35.0 Å². The summed E-state index contributed by atoms with van der Waals surface area (Å²) in [6.07, 6.45) is 15.7. The Bertz CT molecular complexity index is 1110. The highest BCUT2D eigenvalue weighted by molar-refractivity contribution is 5.70. The van der Waals surface area contributed by atoms with E-state index in [0.717, 1.165) is 44.3 Å². The van der Waals surface area contributed by atoms with Crippen LogP contribution in [0.3, 0.4) is 0 Å². The first kappa shape index (κ1) is 35.7. The predicted octanol–water partition coefficient (Wildman–Crippen LogP) is 7.81. The standard InChI is InChI=1S/C38H62N2O5/c1-11-25(3)29(7)36-33(43-36)21-38(8,9)18-12-13-27(5)35-28(6)16-17-32(26(4)15-14-24(2)19-34(41)45-35)44-37(42)40-23-30-20-31(40)22-39(30)10/h12-13,16-18,24-26,28-33,35-36H,11,14-15,19-23H2,1-10H3/b17-16+,18-12+,27-13+/t24?,25?,26?,28?,29?,30-,31-,32?,33?,35?,36?/m0/s1. The molecule has 7 heteroatoms. The molecule has 0 aliphatic carbocycles. The second-order valence-corrected chi connectivity index (χ2v) is 15.8. The molecule has 0 N–H and O–H groups in total. The predicted molar refractivity (Wildman–Crippen MR) is 181 cm³/mol. The van der Waals surface area contributed by atoms with Crippen molar-refractivity contribution in [2.75, 3.05) is 20.1 Å². The molecule has 1 amide bonds. The number of allylic oxidation sites excluding steroid dienone is 3. The van der Waals surface area contributed by atoms with Crippen LogP contribution >= 0.6 is 0 Å². The van der Waals surface area contributed by atoms with Gasteiger partial charge in [-0.25, -0.2) is 4.79 Å². The largest absolute Gasteiger partial charge is 0.457 e. The van der Waals surface area contributed by atoms with E-state index < -0.39 is 6.10 Å². The highest BCUT2D eigenvalue weighted by Gasteiger charge is 2.46. The number of hydrogen-bond donors (Lipinski definition) is 0. The van der Waals surface area contributed by atoms with Gasteiger partial charge in [-0.2, -0.15) is 0 Å². The van der Waals surface area contributed by atoms with Crippen molar-refractivity contribution >= 4 is 12.1 Å². The van der Waals surface area contributed by atoms with Crippen LogP contribution in [0.1, 0.15) is 101 Å². The van der Waals surface area contributed by atoms with Crippen molar-refractivity contribution in [1.29, 1.82) is 0 Å². The Hall–Kier alpha value is -2.12. The average molecular weight is 627 g/mol. The molecule has 0 aromatic heterocycles. The number of likely N-dealkylation sites (tertiary alicyclic amines) is 2. The lowest BCUT2D eigenvalue weighted by Gasteiger charge is -2.33. The summed E-state index contributed by atoms with van der Waals surface area (Å²) in [4.78, 5) is 30.6. The first-order chi connectivity index (χ1) is 21.2. The van der Waals surface area contributed by atoms with Gasteiger partial charge in [0.1, 0.15) is 12.2 Å². The van der Waals surface area contributed by atoms with E-state index in [0.29, 0.717) is 36.5 Å². The zero-order chi connectivity index (χ0) is 33.1. The van der Waals surface area contributed by atoms with Crippen molar-refractivity contribution in [1.82, 2.24) is 9.80 Å². The molecule has 3 saturated heterocycles. The lowest BCUT2D eigenvalue weighted by Crippen LogP contribution is -2.48. The molecule has 0 radical (unpaired) electrons. The number of epoxide rings is 1. The number of rotatable bonds is 9. The van der Waals surface area contributed by atoms with Crippen molar-refractivity contribution < 1.29 is 23.8 Å². The van der Waals surface area contributed by atoms with E-state index in [1.807, 2.05) is 17.9 Å². The number of fused-ring (bicyclic) bond motifs is 2. The fourth-order valence-corrected chi connectivity index (χ4v) is 7.53. The minimum absolute atomic E-state index is 0.00696. The van der Waals surface area contributed by atoms with Crippen LogP contribution in [0, 0.1) is 35.0 Å². The van der Waals surface area contributed by atoms with Crippen LogP contribution in [0.2, 0.25) is 0 Å². The summed E-state index contributed by atoms with van der Waals surface area (Å²) in [6.45, 7) is 21.5. The van der Waals surface area contributed by atoms with Crippen LogP contribution in [0.25, 0.3) is 0 Å². The van der Waals surface area contributed by atoms with Crippen molar-refractivity contribution in [3.05, 3.63) is 36.0 Å². The molecule has 2 bridgehead atoms. The number of cyclic esters (lactones) is 1. The summed E-state index contributed by atoms with van der Waals surface area (Å²) in [6, 6.07) is 0.688. The van der Waals surface area contributed by atoms with E-state index in [2.05, 4.69) is 91.6 Å². The fraction of sp³-hybridized carbons (Fsp3) is 0.789. The van der Waals surface area contributed by atoms with E-state index >= 15 is 0 Å². The number of amides is 1. The van der Waals surface area contributed by atoms with Crippen LogP contribution in [-0.2, 0) is 19.0 Å². The molecular weight excluding hydrogens is 564 g/mol. The van der Waals surface area contributed by atoms with Gasteiger partial charge in [-0.15, -0.1) is 0 Å². The number of piperazine rings is 1. The van der Waals surface area contributed by atoms with Gasteiger partial charge >= 0.3 is 12.1 Å². The van der Waals surface area contributed by atoms with Gasteiger partial charge in [-0.05, 0) is 80.4 Å². The molecule has 0 spiro atoms. The number of likely N-dealkylation sites (N-methyl/N-ethyl adjacent to an activating group) is 1. The molecule has 7 nitrogen and oxygen atoms in total. The number of carbonyl (C=O) groups excluding carboxylic acids is 2. The molecule has 0 saturated carbocycles. The van der Waals surface area contributed by atoms with Crippen molar-refractivity contribution in [2.45, 2.75) is 137 Å². The normalized spacial score (nSPS) is 37.1. The van der Waals surface area contributed by atoms with Gasteiger partial charge in [0, 0.05) is 37.5 Å². The van der Waals surface area contributed by atoms with Gasteiger partial charge in [0.25, 0.3) is 0 Å². The zero-order valence-corrected chi connectivity index (χ0v) is 29.8. The average Bonchev–Trinajstić information content (AvgIpc) is 3.44. The molecule has 11 atom stereocenters. The van der Waals surface area contributed by atoms with Gasteiger partial charge in [-0.3, -0.25) is 9.69 Å². The van der Waals surface area contributed by atoms with E-state index in [4.69, 9.17) is 14.2 Å². The Morgan fingerprint density at radius 2 is 1.87 bits per heavy atom. The summed E-state index contributed by atoms with van der Waals surface area (Å²) in [7, 11) is 2.14. The van der Waals surface area contributed by atoms with E-state index in [-0.39, 0.29) is 47.4 Å². The molecule has 4 aliphatic rings. The molecule has 4 aliphatic heterocycles. The first-order valence-corrected chi connectivity index (χ1v) is 17.8. The summed E-state index contributed by atoms with van der Waals surface area (Å²) < 4.78 is 18.4. The number of carbonyl (C=O) groups is 2. The topological polar surface area (TPSA) is 71.6 Å². The third-order valence-corrected chi connectivity index (χ3v) is 11.3. The lowest BCUT2D eigenvalue weighted by molar-refractivity contribution is -0.149. The quantitative estimate of drug-likeness (QED) is 0.113. The van der Waals surface area contributed by atoms with Gasteiger partial charge in [0.2, 0.25) is 0 Å². The number of esters is 1. The highest BCUT2D eigenvalue weighted by Crippen LogP contribution is 2.41. The van der Waals surface area contributed by atoms with Crippen LogP contribution in [0.15, 0.2) is 36.0 Å². The molecular formula is C38H62N2O5. The van der Waals surface area contributed by atoms with Crippen LogP contribution in [0.5, 0.6) is 0 Å². The SMILES string of the molecule is CCC(C)C(C)C1OC1CC(C)(C)/C=C/C=C(\C)C1OC(=O)CC(C)CCC(C)C(OC(=O)N2C[C@@H]3C[C@H]2CN3C)/C=C/C1C. The maximum atomic E-state index is 13.3. The molecule has 0 aromatic carbocycles. The third-order valence-electron chi connectivity index (χ3n) is 11.3. The first-order valence-electron chi connectivity index (χ1n) is 17.8. The van der Waals surface area contributed by atoms with Crippen LogP contribution < -0.4 is 0 Å². The summed E-state index contributed by atoms with van der Waals surface area (Å²) >= 11 is 0. The number of nitrogens with zero attached hydrogens (tertiary/aromatic N) is 2. The second-order valence-electron chi connectivity index (χ2n) is 15.8. The van der Waals surface area contributed by atoms with Gasteiger partial charge < -0.3 is 19.1 Å². The lowest BCUT2D eigenvalue weighted by atomic mass is 9.83. The van der Waals surface area contributed by atoms with E-state index in [9.17, 15) is 9.59 Å². The highest BCUT2D eigenvalue weighted by atomic mass is 16.6. The number of ether oxygens (including phenoxy) is 3. The molecule has 0 aromatic rings. The van der Waals surface area contributed by atoms with Crippen LogP contribution in [-0.4, -0.2) is 78.5 Å². The Morgan fingerprint density at radius 3 is 2.51 bits per heavy atom. The minimum atomic E-state index is -0.392. The zero-order valence-electron chi connectivity index (χ0n) is 29.8. The van der Waals surface area contributed by atoms with E-state index in [1.165, 1.54) is 6.42 Å². The fourth-order valence-electron chi connectivity index (χ4n) is 7.53. The molecule has 4 heterocycles. The summed E-state index contributed by atoms with van der Waals surface area (Å²) in [5.41, 5.74) is 0.995. The smallest absolute Gasteiger partial charge is 0.410 e.